The van der Waals surface area contributed by atoms with Crippen molar-refractivity contribution in [2.75, 3.05) is 0 Å². The van der Waals surface area contributed by atoms with Crippen molar-refractivity contribution < 1.29 is 9.90 Å². The number of ketones is 1. The van der Waals surface area contributed by atoms with Crippen molar-refractivity contribution in [1.29, 1.82) is 5.26 Å². The zero-order valence-electron chi connectivity index (χ0n) is 9.87. The number of nitriles is 1. The lowest BCUT2D eigenvalue weighted by Gasteiger charge is -2.08. The molecule has 0 atom stereocenters. The molecule has 0 heterocycles. The monoisotopic (exact) mass is 283 g/mol. The van der Waals surface area contributed by atoms with Gasteiger partial charge >= 0.3 is 0 Å². The van der Waals surface area contributed by atoms with Crippen molar-refractivity contribution in [3.05, 3.63) is 39.4 Å². The zero-order chi connectivity index (χ0) is 13.9. The molecule has 0 aliphatic heterocycles. The normalized spacial score (nSPS) is 12.0. The van der Waals surface area contributed by atoms with Gasteiger partial charge in [0, 0.05) is 16.5 Å². The van der Waals surface area contributed by atoms with E-state index in [2.05, 4.69) is 0 Å². The van der Waals surface area contributed by atoms with E-state index >= 15 is 0 Å². The first-order chi connectivity index (χ1) is 8.38. The first kappa shape index (κ1) is 14.6. The van der Waals surface area contributed by atoms with Crippen LogP contribution in [0.4, 0.5) is 0 Å². The fourth-order valence-electron chi connectivity index (χ4n) is 1.33. The smallest absolute Gasteiger partial charge is 0.179 e. The van der Waals surface area contributed by atoms with Crippen LogP contribution in [-0.4, -0.2) is 10.9 Å². The molecule has 0 aliphatic carbocycles. The highest BCUT2D eigenvalue weighted by Gasteiger charge is 2.20. The maximum atomic E-state index is 11.8. The Morgan fingerprint density at radius 2 is 2.00 bits per heavy atom. The molecule has 0 radical (unpaired) electrons. The van der Waals surface area contributed by atoms with Crippen molar-refractivity contribution in [3.8, 4) is 6.07 Å². The van der Waals surface area contributed by atoms with Crippen molar-refractivity contribution in [2.24, 2.45) is 5.92 Å². The van der Waals surface area contributed by atoms with E-state index in [1.54, 1.807) is 19.9 Å². The number of hydrogen-bond donors (Lipinski definition) is 1. The van der Waals surface area contributed by atoms with E-state index < -0.39 is 11.5 Å². The minimum absolute atomic E-state index is 0.185. The van der Waals surface area contributed by atoms with Gasteiger partial charge in [0.1, 0.15) is 17.4 Å². The Labute approximate surface area is 115 Å². The molecular formula is C13H11Cl2NO2. The summed E-state index contributed by atoms with van der Waals surface area (Å²) in [4.78, 5) is 11.8. The van der Waals surface area contributed by atoms with Crippen LogP contribution in [0.3, 0.4) is 0 Å². The predicted molar refractivity (Wildman–Crippen MR) is 71.5 cm³/mol. The lowest BCUT2D eigenvalue weighted by Crippen LogP contribution is -2.11. The van der Waals surface area contributed by atoms with Gasteiger partial charge in [0.15, 0.2) is 5.78 Å². The lowest BCUT2D eigenvalue weighted by atomic mass is 9.98. The maximum absolute atomic E-state index is 11.8. The molecule has 0 fully saturated rings. The van der Waals surface area contributed by atoms with Crippen LogP contribution >= 0.6 is 23.2 Å². The van der Waals surface area contributed by atoms with E-state index in [1.807, 2.05) is 0 Å². The highest BCUT2D eigenvalue weighted by Crippen LogP contribution is 2.28. The van der Waals surface area contributed by atoms with Crippen LogP contribution < -0.4 is 0 Å². The summed E-state index contributed by atoms with van der Waals surface area (Å²) >= 11 is 11.6. The number of halogens is 2. The molecule has 0 saturated heterocycles. The summed E-state index contributed by atoms with van der Waals surface area (Å²) in [7, 11) is 0. The lowest BCUT2D eigenvalue weighted by molar-refractivity contribution is -0.117. The second-order valence-electron chi connectivity index (χ2n) is 3.98. The minimum Gasteiger partial charge on any atom is -0.506 e. The quantitative estimate of drug-likeness (QED) is 0.518. The Morgan fingerprint density at radius 1 is 1.39 bits per heavy atom. The first-order valence-electron chi connectivity index (χ1n) is 5.21. The van der Waals surface area contributed by atoms with Crippen molar-refractivity contribution >= 4 is 34.7 Å². The molecule has 1 N–H and O–H groups in total. The topological polar surface area (TPSA) is 61.1 Å². The van der Waals surface area contributed by atoms with Gasteiger partial charge in [0.2, 0.25) is 0 Å². The fourth-order valence-corrected chi connectivity index (χ4v) is 1.83. The number of carbonyl (C=O) groups is 1. The standard InChI is InChI=1S/C13H11Cl2NO2/c1-7(2)12(17)10(6-16)13(18)9-4-3-8(14)5-11(9)15/h3-5,7,18H,1-2H3. The number of allylic oxidation sites excluding steroid dienone is 1. The Hall–Kier alpha value is -1.50. The zero-order valence-corrected chi connectivity index (χ0v) is 11.4. The second-order valence-corrected chi connectivity index (χ2v) is 4.82. The highest BCUT2D eigenvalue weighted by atomic mass is 35.5. The number of aliphatic hydroxyl groups excluding tert-OH is 1. The molecule has 5 heteroatoms. The first-order valence-corrected chi connectivity index (χ1v) is 5.97. The van der Waals surface area contributed by atoms with Gasteiger partial charge in [0.05, 0.1) is 5.02 Å². The van der Waals surface area contributed by atoms with E-state index in [-0.39, 0.29) is 22.1 Å². The molecule has 1 aromatic carbocycles. The van der Waals surface area contributed by atoms with Gasteiger partial charge in [-0.2, -0.15) is 5.26 Å². The van der Waals surface area contributed by atoms with Crippen molar-refractivity contribution in [1.82, 2.24) is 0 Å². The molecule has 0 aromatic heterocycles. The van der Waals surface area contributed by atoms with Gasteiger partial charge in [-0.3, -0.25) is 4.79 Å². The molecule has 0 unspecified atom stereocenters. The van der Waals surface area contributed by atoms with Gasteiger partial charge < -0.3 is 5.11 Å². The highest BCUT2D eigenvalue weighted by molar-refractivity contribution is 6.35. The van der Waals surface area contributed by atoms with E-state index in [1.165, 1.54) is 18.2 Å². The fraction of sp³-hybridized carbons (Fsp3) is 0.231. The van der Waals surface area contributed by atoms with E-state index in [4.69, 9.17) is 28.5 Å². The van der Waals surface area contributed by atoms with E-state index in [0.717, 1.165) is 0 Å². The summed E-state index contributed by atoms with van der Waals surface area (Å²) in [6, 6.07) is 6.13. The van der Waals surface area contributed by atoms with Crippen LogP contribution in [0.1, 0.15) is 19.4 Å². The van der Waals surface area contributed by atoms with Gasteiger partial charge in [-0.15, -0.1) is 0 Å². The summed E-state index contributed by atoms with van der Waals surface area (Å²) in [5, 5.41) is 19.5. The molecule has 0 bridgehead atoms. The number of benzene rings is 1. The maximum Gasteiger partial charge on any atom is 0.179 e. The third kappa shape index (κ3) is 3.04. The van der Waals surface area contributed by atoms with E-state index in [0.29, 0.717) is 5.02 Å². The molecule has 0 spiro atoms. The number of carbonyl (C=O) groups excluding carboxylic acids is 1. The molecule has 0 aliphatic rings. The Balaban J connectivity index is 3.37. The number of nitrogens with zero attached hydrogens (tertiary/aromatic N) is 1. The molecular weight excluding hydrogens is 273 g/mol. The van der Waals surface area contributed by atoms with Gasteiger partial charge in [0.25, 0.3) is 0 Å². The summed E-state index contributed by atoms with van der Waals surface area (Å²) in [5.41, 5.74) is -0.0826. The third-order valence-electron chi connectivity index (χ3n) is 2.31. The number of hydrogen-bond acceptors (Lipinski definition) is 3. The van der Waals surface area contributed by atoms with Crippen molar-refractivity contribution in [2.45, 2.75) is 13.8 Å². The second kappa shape index (κ2) is 5.90. The van der Waals surface area contributed by atoms with E-state index in [9.17, 15) is 9.90 Å². The molecule has 0 saturated carbocycles. The van der Waals surface area contributed by atoms with Crippen LogP contribution in [-0.2, 0) is 4.79 Å². The van der Waals surface area contributed by atoms with Crippen LogP contribution in [0.25, 0.3) is 5.76 Å². The number of aliphatic hydroxyl groups is 1. The Morgan fingerprint density at radius 3 is 2.44 bits per heavy atom. The molecule has 1 rings (SSSR count). The van der Waals surface area contributed by atoms with Gasteiger partial charge in [-0.25, -0.2) is 0 Å². The SMILES string of the molecule is CC(C)C(=O)C(C#N)=C(O)c1ccc(Cl)cc1Cl. The summed E-state index contributed by atoms with van der Waals surface area (Å²) in [5.74, 6) is -1.23. The molecule has 1 aromatic rings. The number of Topliss-reactive ketones (excluding diaryl/α,β-unsaturated/α-hetero) is 1. The van der Waals surface area contributed by atoms with Crippen LogP contribution in [0.15, 0.2) is 23.8 Å². The van der Waals surface area contributed by atoms with Gasteiger partial charge in [-0.1, -0.05) is 37.0 Å². The molecule has 3 nitrogen and oxygen atoms in total. The van der Waals surface area contributed by atoms with Gasteiger partial charge in [-0.05, 0) is 18.2 Å². The van der Waals surface area contributed by atoms with Crippen molar-refractivity contribution in [3.63, 3.8) is 0 Å². The Bertz CT molecular complexity index is 557. The largest absolute Gasteiger partial charge is 0.506 e. The van der Waals surface area contributed by atoms with Crippen LogP contribution in [0, 0.1) is 17.2 Å². The average molecular weight is 284 g/mol. The summed E-state index contributed by atoms with van der Waals surface area (Å²) in [6.07, 6.45) is 0. The summed E-state index contributed by atoms with van der Waals surface area (Å²) in [6.45, 7) is 3.30. The van der Waals surface area contributed by atoms with Crippen LogP contribution in [0.2, 0.25) is 10.0 Å². The molecule has 94 valence electrons. The minimum atomic E-state index is -0.430. The molecule has 0 amide bonds. The predicted octanol–water partition coefficient (Wildman–Crippen LogP) is 4.01. The Kier molecular flexibility index (Phi) is 4.77. The average Bonchev–Trinajstić information content (AvgIpc) is 2.29. The molecule has 18 heavy (non-hydrogen) atoms. The van der Waals surface area contributed by atoms with Crippen LogP contribution in [0.5, 0.6) is 0 Å². The summed E-state index contributed by atoms with van der Waals surface area (Å²) < 4.78 is 0. The third-order valence-corrected chi connectivity index (χ3v) is 2.85. The number of rotatable bonds is 3.